The number of aromatic nitrogens is 3. The predicted molar refractivity (Wildman–Crippen MR) is 121 cm³/mol. The number of hydrogen-bond donors (Lipinski definition) is 1. The van der Waals surface area contributed by atoms with Crippen LogP contribution >= 0.6 is 0 Å². The molecule has 1 atom stereocenters. The van der Waals surface area contributed by atoms with Crippen molar-refractivity contribution in [2.75, 3.05) is 36.5 Å². The Hall–Kier alpha value is -3.67. The van der Waals surface area contributed by atoms with Gasteiger partial charge in [0.2, 0.25) is 0 Å². The molecule has 2 aromatic carbocycles. The van der Waals surface area contributed by atoms with E-state index in [2.05, 4.69) is 15.6 Å². The molecule has 1 aliphatic heterocycles. The Morgan fingerprint density at radius 1 is 1.17 bits per heavy atom. The van der Waals surface area contributed by atoms with Crippen LogP contribution in [0.15, 0.2) is 36.4 Å². The average molecular weight is 491 g/mol. The van der Waals surface area contributed by atoms with E-state index in [1.54, 1.807) is 10.7 Å². The number of rotatable bonds is 6. The molecule has 1 fully saturated rings. The van der Waals surface area contributed by atoms with E-state index >= 15 is 0 Å². The SMILES string of the molecule is CCn1nnc2cc(C(=O)O[C@H](C)C(=O)Nc3cc(C(F)(F)F)ccc3N3CCOCC3)ccc21. The molecule has 35 heavy (non-hydrogen) atoms. The minimum absolute atomic E-state index is 0.0211. The summed E-state index contributed by atoms with van der Waals surface area (Å²) in [4.78, 5) is 27.2. The molecule has 4 rings (SSSR count). The topological polar surface area (TPSA) is 98.6 Å². The van der Waals surface area contributed by atoms with Gasteiger partial charge in [-0.25, -0.2) is 9.48 Å². The van der Waals surface area contributed by atoms with Crippen LogP contribution in [-0.4, -0.2) is 59.3 Å². The van der Waals surface area contributed by atoms with Gasteiger partial charge in [-0.1, -0.05) is 5.21 Å². The smallest absolute Gasteiger partial charge is 0.416 e. The molecule has 12 heteroatoms. The number of anilines is 2. The lowest BCUT2D eigenvalue weighted by Gasteiger charge is -2.31. The van der Waals surface area contributed by atoms with Crippen LogP contribution in [0.4, 0.5) is 24.5 Å². The van der Waals surface area contributed by atoms with Gasteiger partial charge in [0.05, 0.1) is 41.2 Å². The summed E-state index contributed by atoms with van der Waals surface area (Å²) >= 11 is 0. The fourth-order valence-electron chi connectivity index (χ4n) is 3.74. The maximum atomic E-state index is 13.3. The van der Waals surface area contributed by atoms with Gasteiger partial charge >= 0.3 is 12.1 Å². The van der Waals surface area contributed by atoms with Gasteiger partial charge in [-0.2, -0.15) is 13.2 Å². The molecule has 9 nitrogen and oxygen atoms in total. The third-order valence-corrected chi connectivity index (χ3v) is 5.64. The third-order valence-electron chi connectivity index (χ3n) is 5.64. The van der Waals surface area contributed by atoms with Gasteiger partial charge in [-0.3, -0.25) is 4.79 Å². The second-order valence-corrected chi connectivity index (χ2v) is 7.97. The number of aryl methyl sites for hydroxylation is 1. The zero-order chi connectivity index (χ0) is 25.2. The monoisotopic (exact) mass is 491 g/mol. The molecule has 1 saturated heterocycles. The lowest BCUT2D eigenvalue weighted by molar-refractivity contribution is -0.137. The van der Waals surface area contributed by atoms with Gasteiger partial charge in [-0.15, -0.1) is 5.10 Å². The van der Waals surface area contributed by atoms with Gasteiger partial charge in [0.15, 0.2) is 6.10 Å². The molecule has 0 spiro atoms. The fraction of sp³-hybridized carbons (Fsp3) is 0.391. The van der Waals surface area contributed by atoms with Crippen molar-refractivity contribution in [2.24, 2.45) is 0 Å². The molecule has 3 aromatic rings. The first-order valence-electron chi connectivity index (χ1n) is 11.1. The molecule has 0 unspecified atom stereocenters. The Kier molecular flexibility index (Phi) is 6.92. The summed E-state index contributed by atoms with van der Waals surface area (Å²) in [5.41, 5.74) is 0.925. The molecule has 0 bridgehead atoms. The summed E-state index contributed by atoms with van der Waals surface area (Å²) in [6.07, 6.45) is -5.85. The van der Waals surface area contributed by atoms with Crippen molar-refractivity contribution in [1.29, 1.82) is 0 Å². The lowest BCUT2D eigenvalue weighted by atomic mass is 10.1. The first kappa shape index (κ1) is 24.5. The second kappa shape index (κ2) is 9.90. The first-order valence-corrected chi connectivity index (χ1v) is 11.1. The number of hydrogen-bond acceptors (Lipinski definition) is 7. The van der Waals surface area contributed by atoms with E-state index in [1.807, 2.05) is 11.8 Å². The highest BCUT2D eigenvalue weighted by Crippen LogP contribution is 2.36. The Balaban J connectivity index is 1.50. The number of carbonyl (C=O) groups excluding carboxylic acids is 2. The molecule has 1 N–H and O–H groups in total. The van der Waals surface area contributed by atoms with E-state index in [4.69, 9.17) is 9.47 Å². The predicted octanol–water partition coefficient (Wildman–Crippen LogP) is 3.49. The van der Waals surface area contributed by atoms with Crippen molar-refractivity contribution < 1.29 is 32.2 Å². The molecule has 0 saturated carbocycles. The molecule has 1 aromatic heterocycles. The van der Waals surface area contributed by atoms with Crippen molar-refractivity contribution >= 4 is 34.3 Å². The summed E-state index contributed by atoms with van der Waals surface area (Å²) in [6, 6.07) is 7.88. The summed E-state index contributed by atoms with van der Waals surface area (Å²) in [6.45, 7) is 5.62. The maximum Gasteiger partial charge on any atom is 0.416 e. The summed E-state index contributed by atoms with van der Waals surface area (Å²) in [7, 11) is 0. The number of nitrogens with one attached hydrogen (secondary N) is 1. The highest BCUT2D eigenvalue weighted by molar-refractivity contribution is 6.00. The number of nitrogens with zero attached hydrogens (tertiary/aromatic N) is 4. The Morgan fingerprint density at radius 2 is 1.91 bits per heavy atom. The molecule has 0 aliphatic carbocycles. The largest absolute Gasteiger partial charge is 0.449 e. The van der Waals surface area contributed by atoms with Crippen LogP contribution in [0, 0.1) is 0 Å². The number of amides is 1. The molecule has 1 aliphatic rings. The van der Waals surface area contributed by atoms with Crippen LogP contribution in [0.1, 0.15) is 29.8 Å². The highest BCUT2D eigenvalue weighted by Gasteiger charge is 2.32. The minimum atomic E-state index is -4.58. The first-order chi connectivity index (χ1) is 16.7. The number of fused-ring (bicyclic) bond motifs is 1. The van der Waals surface area contributed by atoms with Crippen molar-refractivity contribution in [1.82, 2.24) is 15.0 Å². The van der Waals surface area contributed by atoms with E-state index < -0.39 is 29.7 Å². The number of alkyl halides is 3. The minimum Gasteiger partial charge on any atom is -0.449 e. The van der Waals surface area contributed by atoms with Crippen molar-refractivity contribution in [3.8, 4) is 0 Å². The molecular formula is C23H24F3N5O4. The van der Waals surface area contributed by atoms with Crippen LogP contribution in [0.25, 0.3) is 11.0 Å². The van der Waals surface area contributed by atoms with Crippen LogP contribution < -0.4 is 10.2 Å². The van der Waals surface area contributed by atoms with Gasteiger partial charge in [0, 0.05) is 19.6 Å². The number of morpholine rings is 1. The fourth-order valence-corrected chi connectivity index (χ4v) is 3.74. The Bertz CT molecular complexity index is 1240. The van der Waals surface area contributed by atoms with Crippen LogP contribution in [0.3, 0.4) is 0 Å². The van der Waals surface area contributed by atoms with E-state index in [0.717, 1.165) is 17.6 Å². The average Bonchev–Trinajstić information content (AvgIpc) is 3.26. The number of benzene rings is 2. The van der Waals surface area contributed by atoms with Gasteiger partial charge < -0.3 is 19.7 Å². The van der Waals surface area contributed by atoms with E-state index in [1.165, 1.54) is 25.1 Å². The summed E-state index contributed by atoms with van der Waals surface area (Å²) < 4.78 is 52.2. The van der Waals surface area contributed by atoms with Gasteiger partial charge in [0.1, 0.15) is 5.52 Å². The molecular weight excluding hydrogens is 467 g/mol. The number of carbonyl (C=O) groups is 2. The second-order valence-electron chi connectivity index (χ2n) is 7.97. The summed E-state index contributed by atoms with van der Waals surface area (Å²) in [5.74, 6) is -1.52. The maximum absolute atomic E-state index is 13.3. The zero-order valence-corrected chi connectivity index (χ0v) is 19.1. The standard InChI is InChI=1S/C23H24F3N5O4/c1-3-31-20-6-4-15(12-18(20)28-29-31)22(33)35-14(2)21(32)27-17-13-16(23(24,25)26)5-7-19(17)30-8-10-34-11-9-30/h4-7,12-14H,3,8-11H2,1-2H3,(H,27,32)/t14-/m1/s1. The molecule has 0 radical (unpaired) electrons. The van der Waals surface area contributed by atoms with Crippen LogP contribution in [0.2, 0.25) is 0 Å². The van der Waals surface area contributed by atoms with Gasteiger partial charge in [0.25, 0.3) is 5.91 Å². The van der Waals surface area contributed by atoms with Crippen LogP contribution in [-0.2, 0) is 27.0 Å². The number of esters is 1. The lowest BCUT2D eigenvalue weighted by Crippen LogP contribution is -2.37. The van der Waals surface area contributed by atoms with Crippen LogP contribution in [0.5, 0.6) is 0 Å². The molecule has 1 amide bonds. The quantitative estimate of drug-likeness (QED) is 0.527. The van der Waals surface area contributed by atoms with E-state index in [9.17, 15) is 22.8 Å². The number of halogens is 3. The van der Waals surface area contributed by atoms with Crippen molar-refractivity contribution in [3.63, 3.8) is 0 Å². The Morgan fingerprint density at radius 3 is 2.60 bits per heavy atom. The highest BCUT2D eigenvalue weighted by atomic mass is 19.4. The molecule has 2 heterocycles. The molecule has 186 valence electrons. The summed E-state index contributed by atoms with van der Waals surface area (Å²) in [5, 5.41) is 10.5. The van der Waals surface area contributed by atoms with Crippen molar-refractivity contribution in [2.45, 2.75) is 32.7 Å². The number of ether oxygens (including phenoxy) is 2. The third kappa shape index (κ3) is 5.37. The zero-order valence-electron chi connectivity index (χ0n) is 19.1. The van der Waals surface area contributed by atoms with E-state index in [0.29, 0.717) is 44.1 Å². The normalized spacial score (nSPS) is 15.2. The Labute approximate surface area is 198 Å². The van der Waals surface area contributed by atoms with Gasteiger partial charge in [-0.05, 0) is 50.2 Å². The van der Waals surface area contributed by atoms with E-state index in [-0.39, 0.29) is 11.3 Å². The van der Waals surface area contributed by atoms with Crippen molar-refractivity contribution in [3.05, 3.63) is 47.5 Å².